The van der Waals surface area contributed by atoms with E-state index in [1.165, 1.54) is 30.3 Å². The molecule has 4 aromatic rings. The fraction of sp³-hybridized carbons (Fsp3) is 0.0870. The van der Waals surface area contributed by atoms with Gasteiger partial charge in [-0.1, -0.05) is 42.5 Å². The molecule has 0 fully saturated rings. The summed E-state index contributed by atoms with van der Waals surface area (Å²) in [5, 5.41) is 17.0. The zero-order valence-electron chi connectivity index (χ0n) is 17.5. The van der Waals surface area contributed by atoms with Gasteiger partial charge in [0.25, 0.3) is 5.91 Å². The molecular weight excluding hydrogens is 449 g/mol. The quantitative estimate of drug-likeness (QED) is 0.442. The monoisotopic (exact) mass is 466 g/mol. The van der Waals surface area contributed by atoms with Crippen LogP contribution in [-0.2, 0) is 17.5 Å². The standard InChI is InChI=1S/C23H17F3N6O2/c24-23(25,26)17-9-5-11-19(13-17)28-22(34)16-8-4-10-18(12-16)27-20(33)14-32-30-21(29-31-32)15-6-2-1-3-7-15/h1-13H,14H2,(H,27,33)(H,28,34). The van der Waals surface area contributed by atoms with E-state index in [0.717, 1.165) is 22.5 Å². The molecule has 0 unspecified atom stereocenters. The molecule has 34 heavy (non-hydrogen) atoms. The average molecular weight is 466 g/mol. The summed E-state index contributed by atoms with van der Waals surface area (Å²) < 4.78 is 38.6. The van der Waals surface area contributed by atoms with Crippen LogP contribution < -0.4 is 10.6 Å². The minimum Gasteiger partial charge on any atom is -0.324 e. The van der Waals surface area contributed by atoms with E-state index in [4.69, 9.17) is 0 Å². The second-order valence-corrected chi connectivity index (χ2v) is 7.17. The van der Waals surface area contributed by atoms with Crippen LogP contribution in [0, 0.1) is 0 Å². The lowest BCUT2D eigenvalue weighted by atomic mass is 10.1. The predicted octanol–water partition coefficient (Wildman–Crippen LogP) is 4.25. The summed E-state index contributed by atoms with van der Waals surface area (Å²) >= 11 is 0. The summed E-state index contributed by atoms with van der Waals surface area (Å²) in [5.74, 6) is -0.699. The van der Waals surface area contributed by atoms with Gasteiger partial charge in [0.05, 0.1) is 5.56 Å². The van der Waals surface area contributed by atoms with E-state index in [1.54, 1.807) is 6.07 Å². The number of amides is 2. The van der Waals surface area contributed by atoms with Crippen molar-refractivity contribution in [2.75, 3.05) is 10.6 Å². The Labute approximate surface area is 191 Å². The van der Waals surface area contributed by atoms with Gasteiger partial charge in [-0.05, 0) is 41.6 Å². The van der Waals surface area contributed by atoms with E-state index >= 15 is 0 Å². The number of hydrogen-bond donors (Lipinski definition) is 2. The van der Waals surface area contributed by atoms with Crippen LogP contribution >= 0.6 is 0 Å². The zero-order valence-corrected chi connectivity index (χ0v) is 17.5. The number of aromatic nitrogens is 4. The number of nitrogens with one attached hydrogen (secondary N) is 2. The maximum absolute atomic E-state index is 12.9. The van der Waals surface area contributed by atoms with E-state index in [1.807, 2.05) is 30.3 Å². The van der Waals surface area contributed by atoms with Crippen LogP contribution in [0.25, 0.3) is 11.4 Å². The Bertz CT molecular complexity index is 1320. The van der Waals surface area contributed by atoms with E-state index < -0.39 is 23.6 Å². The summed E-state index contributed by atoms with van der Waals surface area (Å²) in [7, 11) is 0. The van der Waals surface area contributed by atoms with Crippen molar-refractivity contribution in [1.29, 1.82) is 0 Å². The minimum absolute atomic E-state index is 0.000686. The maximum atomic E-state index is 12.9. The highest BCUT2D eigenvalue weighted by molar-refractivity contribution is 6.05. The number of alkyl halides is 3. The van der Waals surface area contributed by atoms with E-state index in [2.05, 4.69) is 26.0 Å². The summed E-state index contributed by atoms with van der Waals surface area (Å²) in [4.78, 5) is 26.0. The number of rotatable bonds is 6. The molecule has 172 valence electrons. The largest absolute Gasteiger partial charge is 0.416 e. The summed E-state index contributed by atoms with van der Waals surface area (Å²) in [6.45, 7) is -0.208. The normalized spacial score (nSPS) is 11.1. The number of benzene rings is 3. The maximum Gasteiger partial charge on any atom is 0.416 e. The molecule has 1 heterocycles. The molecule has 0 saturated heterocycles. The van der Waals surface area contributed by atoms with Gasteiger partial charge < -0.3 is 10.6 Å². The lowest BCUT2D eigenvalue weighted by Crippen LogP contribution is -2.21. The molecule has 0 bridgehead atoms. The number of carbonyl (C=O) groups is 2. The second-order valence-electron chi connectivity index (χ2n) is 7.17. The molecule has 0 aliphatic carbocycles. The Kier molecular flexibility index (Phi) is 6.35. The number of anilines is 2. The third-order valence-electron chi connectivity index (χ3n) is 4.63. The molecule has 3 aromatic carbocycles. The Morgan fingerprint density at radius 2 is 1.56 bits per heavy atom. The van der Waals surface area contributed by atoms with Gasteiger partial charge in [-0.3, -0.25) is 9.59 Å². The number of nitrogens with zero attached hydrogens (tertiary/aromatic N) is 4. The number of halogens is 3. The van der Waals surface area contributed by atoms with Crippen molar-refractivity contribution in [3.63, 3.8) is 0 Å². The van der Waals surface area contributed by atoms with Crippen molar-refractivity contribution < 1.29 is 22.8 Å². The van der Waals surface area contributed by atoms with Crippen LogP contribution in [-0.4, -0.2) is 32.0 Å². The SMILES string of the molecule is O=C(Cn1nnc(-c2ccccc2)n1)Nc1cccc(C(=O)Nc2cccc(C(F)(F)F)c2)c1. The predicted molar refractivity (Wildman–Crippen MR) is 118 cm³/mol. The van der Waals surface area contributed by atoms with Crippen molar-refractivity contribution in [1.82, 2.24) is 20.2 Å². The smallest absolute Gasteiger partial charge is 0.324 e. The second kappa shape index (κ2) is 9.53. The van der Waals surface area contributed by atoms with E-state index in [-0.39, 0.29) is 17.8 Å². The molecule has 2 amide bonds. The lowest BCUT2D eigenvalue weighted by Gasteiger charge is -2.11. The molecule has 0 atom stereocenters. The van der Waals surface area contributed by atoms with Gasteiger partial charge in [0.15, 0.2) is 0 Å². The van der Waals surface area contributed by atoms with Crippen LogP contribution in [0.2, 0.25) is 0 Å². The van der Waals surface area contributed by atoms with E-state index in [9.17, 15) is 22.8 Å². The summed E-state index contributed by atoms with van der Waals surface area (Å²) in [6.07, 6.45) is -4.52. The van der Waals surface area contributed by atoms with Crippen molar-refractivity contribution in [3.8, 4) is 11.4 Å². The first-order valence-corrected chi connectivity index (χ1v) is 10.00. The van der Waals surface area contributed by atoms with Gasteiger partial charge in [0.2, 0.25) is 11.7 Å². The molecule has 8 nitrogen and oxygen atoms in total. The first-order chi connectivity index (χ1) is 16.3. The first kappa shape index (κ1) is 22.6. The Morgan fingerprint density at radius 3 is 2.29 bits per heavy atom. The average Bonchev–Trinajstić information content (AvgIpc) is 3.28. The zero-order chi connectivity index (χ0) is 24.1. The number of carbonyl (C=O) groups excluding carboxylic acids is 2. The van der Waals surface area contributed by atoms with Crippen LogP contribution in [0.4, 0.5) is 24.5 Å². The molecule has 0 saturated carbocycles. The number of tetrazole rings is 1. The Balaban J connectivity index is 1.39. The molecular formula is C23H17F3N6O2. The van der Waals surface area contributed by atoms with Crippen LogP contribution in [0.5, 0.6) is 0 Å². The molecule has 1 aromatic heterocycles. The molecule has 11 heteroatoms. The minimum atomic E-state index is -4.52. The Morgan fingerprint density at radius 1 is 0.853 bits per heavy atom. The van der Waals surface area contributed by atoms with Crippen molar-refractivity contribution >= 4 is 23.2 Å². The van der Waals surface area contributed by atoms with Gasteiger partial charge in [-0.15, -0.1) is 10.2 Å². The molecule has 0 aliphatic rings. The van der Waals surface area contributed by atoms with E-state index in [0.29, 0.717) is 11.5 Å². The van der Waals surface area contributed by atoms with Crippen LogP contribution in [0.1, 0.15) is 15.9 Å². The highest BCUT2D eigenvalue weighted by atomic mass is 19.4. The molecule has 0 aliphatic heterocycles. The highest BCUT2D eigenvalue weighted by Gasteiger charge is 2.30. The summed E-state index contributed by atoms with van der Waals surface area (Å²) in [5.41, 5.74) is 0.364. The van der Waals surface area contributed by atoms with Crippen molar-refractivity contribution in [2.45, 2.75) is 12.7 Å². The first-order valence-electron chi connectivity index (χ1n) is 10.00. The van der Waals surface area contributed by atoms with Gasteiger partial charge in [-0.2, -0.15) is 18.0 Å². The van der Waals surface area contributed by atoms with Crippen LogP contribution in [0.15, 0.2) is 78.9 Å². The van der Waals surface area contributed by atoms with Gasteiger partial charge in [-0.25, -0.2) is 0 Å². The highest BCUT2D eigenvalue weighted by Crippen LogP contribution is 2.30. The summed E-state index contributed by atoms with van der Waals surface area (Å²) in [6, 6.07) is 19.5. The van der Waals surface area contributed by atoms with Gasteiger partial charge in [0.1, 0.15) is 6.54 Å². The third-order valence-corrected chi connectivity index (χ3v) is 4.63. The molecule has 0 radical (unpaired) electrons. The molecule has 2 N–H and O–H groups in total. The molecule has 0 spiro atoms. The third kappa shape index (κ3) is 5.63. The van der Waals surface area contributed by atoms with Gasteiger partial charge in [0, 0.05) is 22.5 Å². The fourth-order valence-corrected chi connectivity index (χ4v) is 3.06. The lowest BCUT2D eigenvalue weighted by molar-refractivity contribution is -0.137. The Hall–Kier alpha value is -4.54. The van der Waals surface area contributed by atoms with Crippen molar-refractivity contribution in [3.05, 3.63) is 90.0 Å². The van der Waals surface area contributed by atoms with Crippen molar-refractivity contribution in [2.24, 2.45) is 0 Å². The fourth-order valence-electron chi connectivity index (χ4n) is 3.06. The number of hydrogen-bond acceptors (Lipinski definition) is 5. The van der Waals surface area contributed by atoms with Crippen LogP contribution in [0.3, 0.4) is 0 Å². The molecule has 4 rings (SSSR count). The topological polar surface area (TPSA) is 102 Å². The van der Waals surface area contributed by atoms with Gasteiger partial charge >= 0.3 is 6.18 Å².